The third-order valence-electron chi connectivity index (χ3n) is 5.66. The number of rotatable bonds is 4. The van der Waals surface area contributed by atoms with Gasteiger partial charge in [-0.1, -0.05) is 64.1 Å². The number of hydrogen-bond donors (Lipinski definition) is 0. The molecule has 0 radical (unpaired) electrons. The third-order valence-corrected chi connectivity index (χ3v) is 5.66. The molecule has 0 N–H and O–H groups in total. The van der Waals surface area contributed by atoms with Crippen LogP contribution in [0.2, 0.25) is 0 Å². The van der Waals surface area contributed by atoms with Crippen LogP contribution in [0.25, 0.3) is 33.8 Å². The lowest BCUT2D eigenvalue weighted by Crippen LogP contribution is -2.30. The normalized spacial score (nSPS) is 11.7. The highest BCUT2D eigenvalue weighted by atomic mass is 16.3. The Kier molecular flexibility index (Phi) is 4.99. The molecular formula is C26H29N2O+. The molecule has 29 heavy (non-hydrogen) atoms. The van der Waals surface area contributed by atoms with Crippen molar-refractivity contribution in [2.45, 2.75) is 46.5 Å². The summed E-state index contributed by atoms with van der Waals surface area (Å²) in [6, 6.07) is 17.0. The molecule has 2 aromatic carbocycles. The minimum absolute atomic E-state index is 0.394. The van der Waals surface area contributed by atoms with Crippen molar-refractivity contribution in [3.05, 3.63) is 71.4 Å². The minimum atomic E-state index is 0.394. The van der Waals surface area contributed by atoms with Crippen LogP contribution < -0.4 is 4.57 Å². The Hall–Kier alpha value is -2.94. The molecular weight excluding hydrogens is 356 g/mol. The van der Waals surface area contributed by atoms with E-state index in [-0.39, 0.29) is 0 Å². The number of aromatic nitrogens is 2. The Morgan fingerprint density at radius 3 is 2.14 bits per heavy atom. The molecule has 0 aliphatic rings. The van der Waals surface area contributed by atoms with Crippen LogP contribution in [0.4, 0.5) is 0 Å². The van der Waals surface area contributed by atoms with Crippen molar-refractivity contribution < 1.29 is 8.98 Å². The molecule has 3 nitrogen and oxygen atoms in total. The lowest BCUT2D eigenvalue weighted by molar-refractivity contribution is -0.659. The molecule has 0 saturated heterocycles. The summed E-state index contributed by atoms with van der Waals surface area (Å²) >= 11 is 0. The lowest BCUT2D eigenvalue weighted by Gasteiger charge is -2.17. The third kappa shape index (κ3) is 3.35. The second-order valence-corrected chi connectivity index (χ2v) is 8.44. The van der Waals surface area contributed by atoms with Crippen LogP contribution in [-0.4, -0.2) is 4.98 Å². The molecule has 0 fully saturated rings. The Balaban J connectivity index is 2.03. The number of aryl methyl sites for hydroxylation is 2. The average Bonchev–Trinajstić information content (AvgIpc) is 3.12. The quantitative estimate of drug-likeness (QED) is 0.373. The molecule has 3 heteroatoms. The Morgan fingerprint density at radius 2 is 1.52 bits per heavy atom. The first-order chi connectivity index (χ1) is 13.9. The van der Waals surface area contributed by atoms with Crippen molar-refractivity contribution in [1.82, 2.24) is 4.98 Å². The first-order valence-corrected chi connectivity index (χ1v) is 10.4. The van der Waals surface area contributed by atoms with Gasteiger partial charge in [0.25, 0.3) is 5.69 Å². The zero-order valence-electron chi connectivity index (χ0n) is 18.2. The minimum Gasteiger partial charge on any atom is -0.429 e. The Morgan fingerprint density at radius 1 is 0.862 bits per heavy atom. The summed E-state index contributed by atoms with van der Waals surface area (Å²) in [5, 5.41) is 0. The monoisotopic (exact) mass is 385 g/mol. The summed E-state index contributed by atoms with van der Waals surface area (Å²) < 4.78 is 8.65. The molecule has 0 aliphatic carbocycles. The van der Waals surface area contributed by atoms with E-state index in [9.17, 15) is 0 Å². The summed E-state index contributed by atoms with van der Waals surface area (Å²) in [7, 11) is 2.06. The SMILES string of the molecule is Cc1ccccc1-c1c2oc(-c3c(C(C)C)cccc3C(C)C)nc2cc[n+]1C. The number of benzene rings is 2. The van der Waals surface area contributed by atoms with E-state index >= 15 is 0 Å². The zero-order valence-corrected chi connectivity index (χ0v) is 18.2. The lowest BCUT2D eigenvalue weighted by atomic mass is 9.88. The van der Waals surface area contributed by atoms with Crippen molar-refractivity contribution in [1.29, 1.82) is 0 Å². The van der Waals surface area contributed by atoms with Crippen LogP contribution in [0.3, 0.4) is 0 Å². The van der Waals surface area contributed by atoms with Crippen LogP contribution in [0.15, 0.2) is 59.1 Å². The molecule has 4 rings (SSSR count). The number of pyridine rings is 1. The van der Waals surface area contributed by atoms with Gasteiger partial charge in [-0.25, -0.2) is 4.98 Å². The number of nitrogens with zero attached hydrogens (tertiary/aromatic N) is 2. The van der Waals surface area contributed by atoms with Gasteiger partial charge in [-0.3, -0.25) is 0 Å². The summed E-state index contributed by atoms with van der Waals surface area (Å²) in [6.07, 6.45) is 2.06. The van der Waals surface area contributed by atoms with Crippen molar-refractivity contribution in [2.24, 2.45) is 7.05 Å². The van der Waals surface area contributed by atoms with Gasteiger partial charge in [-0.05, 0) is 41.5 Å². The molecule has 148 valence electrons. The maximum absolute atomic E-state index is 6.53. The van der Waals surface area contributed by atoms with E-state index in [4.69, 9.17) is 9.40 Å². The van der Waals surface area contributed by atoms with E-state index in [1.165, 1.54) is 22.3 Å². The highest BCUT2D eigenvalue weighted by molar-refractivity contribution is 5.88. The second-order valence-electron chi connectivity index (χ2n) is 8.44. The molecule has 0 bridgehead atoms. The number of oxazole rings is 1. The molecule has 0 saturated carbocycles. The van der Waals surface area contributed by atoms with Gasteiger partial charge in [0.2, 0.25) is 11.5 Å². The Labute approximate surface area is 173 Å². The van der Waals surface area contributed by atoms with Gasteiger partial charge >= 0.3 is 0 Å². The molecule has 0 unspecified atom stereocenters. The van der Waals surface area contributed by atoms with Crippen molar-refractivity contribution in [3.63, 3.8) is 0 Å². The van der Waals surface area contributed by atoms with E-state index in [0.29, 0.717) is 17.7 Å². The first-order valence-electron chi connectivity index (χ1n) is 10.4. The van der Waals surface area contributed by atoms with Crippen LogP contribution in [0.1, 0.15) is 56.2 Å². The standard InChI is InChI=1S/C26H29N2O/c1-16(2)19-12-9-13-20(17(3)4)23(19)26-27-22-14-15-28(6)24(25(22)29-26)21-11-8-7-10-18(21)5/h7-17H,1-6H3/q+1. The van der Waals surface area contributed by atoms with Gasteiger partial charge in [0.15, 0.2) is 6.20 Å². The molecule has 2 heterocycles. The van der Waals surface area contributed by atoms with E-state index < -0.39 is 0 Å². The average molecular weight is 386 g/mol. The predicted octanol–water partition coefficient (Wildman–Crippen LogP) is 6.54. The first kappa shape index (κ1) is 19.4. The highest BCUT2D eigenvalue weighted by Gasteiger charge is 2.25. The summed E-state index contributed by atoms with van der Waals surface area (Å²) in [5.41, 5.74) is 8.90. The topological polar surface area (TPSA) is 29.9 Å². The van der Waals surface area contributed by atoms with Gasteiger partial charge in [-0.2, -0.15) is 4.57 Å². The van der Waals surface area contributed by atoms with Crippen molar-refractivity contribution in [2.75, 3.05) is 0 Å². The summed E-state index contributed by atoms with van der Waals surface area (Å²) in [4.78, 5) is 4.95. The van der Waals surface area contributed by atoms with Crippen LogP contribution >= 0.6 is 0 Å². The fraction of sp³-hybridized carbons (Fsp3) is 0.308. The predicted molar refractivity (Wildman–Crippen MR) is 119 cm³/mol. The molecule has 0 amide bonds. The maximum atomic E-state index is 6.53. The summed E-state index contributed by atoms with van der Waals surface area (Å²) in [6.45, 7) is 11.0. The largest absolute Gasteiger partial charge is 0.429 e. The molecule has 0 spiro atoms. The van der Waals surface area contributed by atoms with Gasteiger partial charge in [0.05, 0.1) is 5.56 Å². The van der Waals surface area contributed by atoms with E-state index in [1.54, 1.807) is 0 Å². The van der Waals surface area contributed by atoms with Crippen molar-refractivity contribution >= 4 is 11.1 Å². The maximum Gasteiger partial charge on any atom is 0.257 e. The van der Waals surface area contributed by atoms with E-state index in [1.807, 2.05) is 6.07 Å². The number of hydrogen-bond acceptors (Lipinski definition) is 2. The van der Waals surface area contributed by atoms with Gasteiger partial charge in [-0.15, -0.1) is 0 Å². The van der Waals surface area contributed by atoms with Gasteiger partial charge in [0.1, 0.15) is 12.6 Å². The van der Waals surface area contributed by atoms with Crippen molar-refractivity contribution in [3.8, 4) is 22.7 Å². The smallest absolute Gasteiger partial charge is 0.257 e. The molecule has 4 aromatic rings. The van der Waals surface area contributed by atoms with Crippen LogP contribution in [-0.2, 0) is 7.05 Å². The second kappa shape index (κ2) is 7.47. The fourth-order valence-corrected chi connectivity index (χ4v) is 4.09. The fourth-order valence-electron chi connectivity index (χ4n) is 4.09. The number of fused-ring (bicyclic) bond motifs is 1. The Bertz CT molecular complexity index is 1160. The molecule has 0 atom stereocenters. The van der Waals surface area contributed by atoms with E-state index in [0.717, 1.165) is 22.4 Å². The van der Waals surface area contributed by atoms with Crippen LogP contribution in [0, 0.1) is 6.92 Å². The zero-order chi connectivity index (χ0) is 20.7. The summed E-state index contributed by atoms with van der Waals surface area (Å²) in [5.74, 6) is 1.50. The highest BCUT2D eigenvalue weighted by Crippen LogP contribution is 2.38. The molecule has 2 aromatic heterocycles. The van der Waals surface area contributed by atoms with Gasteiger partial charge in [0, 0.05) is 11.6 Å². The van der Waals surface area contributed by atoms with E-state index in [2.05, 4.69) is 94.9 Å². The molecule has 0 aliphatic heterocycles. The van der Waals surface area contributed by atoms with Crippen LogP contribution in [0.5, 0.6) is 0 Å². The van der Waals surface area contributed by atoms with Gasteiger partial charge < -0.3 is 4.42 Å².